The van der Waals surface area contributed by atoms with Crippen LogP contribution < -0.4 is 15.5 Å². The van der Waals surface area contributed by atoms with Crippen molar-refractivity contribution in [3.63, 3.8) is 0 Å². The summed E-state index contributed by atoms with van der Waals surface area (Å²) in [6.45, 7) is 13.0. The molecule has 5 heterocycles. The van der Waals surface area contributed by atoms with Crippen LogP contribution in [0.15, 0.2) is 24.0 Å². The van der Waals surface area contributed by atoms with Gasteiger partial charge in [0.2, 0.25) is 0 Å². The number of fused-ring (bicyclic) bond motifs is 2. The molecular weight excluding hydrogens is 539 g/mol. The third-order valence-corrected chi connectivity index (χ3v) is 10.8. The van der Waals surface area contributed by atoms with Gasteiger partial charge in [-0.2, -0.15) is 0 Å². The Morgan fingerprint density at radius 2 is 1.83 bits per heavy atom. The van der Waals surface area contributed by atoms with E-state index in [1.165, 1.54) is 7.11 Å². The molecule has 4 saturated heterocycles. The van der Waals surface area contributed by atoms with Crippen molar-refractivity contribution in [1.82, 2.24) is 4.90 Å². The number of rotatable bonds is 6. The van der Waals surface area contributed by atoms with Gasteiger partial charge >= 0.3 is 13.1 Å². The molecule has 0 spiro atoms. The standard InChI is InChI=1S/C31H45BN2O8/c1-9-19-17-34-13-12-30-25-23(37-7)11-10-22(32-41-28(2,3)29(4,5)42-32)26(25)33-31(30,40-15-14-39-30)24(34)16-20(19)21(18-36-6)27(35)38-8/h10-11,18-20,24,33H,9,12-17H2,1-8H3/b21-18+/t19-,20+,24+,30+,31+/m1/s1. The van der Waals surface area contributed by atoms with E-state index in [-0.39, 0.29) is 23.8 Å². The molecule has 5 aliphatic rings. The zero-order chi connectivity index (χ0) is 30.1. The molecule has 5 aliphatic heterocycles. The van der Waals surface area contributed by atoms with E-state index in [0.717, 1.165) is 48.4 Å². The normalized spacial score (nSPS) is 34.9. The Kier molecular flexibility index (Phi) is 7.37. The first-order valence-corrected chi connectivity index (χ1v) is 15.2. The topological polar surface area (TPSA) is 97.0 Å². The van der Waals surface area contributed by atoms with E-state index in [2.05, 4.69) is 44.8 Å². The summed E-state index contributed by atoms with van der Waals surface area (Å²) in [6, 6.07) is 3.91. The van der Waals surface area contributed by atoms with Crippen molar-refractivity contribution in [2.45, 2.75) is 82.5 Å². The highest BCUT2D eigenvalue weighted by atomic mass is 16.7. The highest BCUT2D eigenvalue weighted by molar-refractivity contribution is 6.64. The first kappa shape index (κ1) is 29.8. The Labute approximate surface area is 249 Å². The number of methoxy groups -OCH3 is 3. The summed E-state index contributed by atoms with van der Waals surface area (Å²) in [4.78, 5) is 15.5. The van der Waals surface area contributed by atoms with E-state index in [1.54, 1.807) is 20.5 Å². The second-order valence-corrected chi connectivity index (χ2v) is 13.2. The molecule has 1 aromatic rings. The zero-order valence-corrected chi connectivity index (χ0v) is 26.2. The molecule has 5 atom stereocenters. The smallest absolute Gasteiger partial charge is 0.496 e. The van der Waals surface area contributed by atoms with Gasteiger partial charge in [0.05, 0.1) is 69.2 Å². The van der Waals surface area contributed by atoms with Crippen molar-refractivity contribution >= 4 is 24.2 Å². The molecule has 0 amide bonds. The molecule has 1 N–H and O–H groups in total. The molecule has 230 valence electrons. The third kappa shape index (κ3) is 4.07. The lowest BCUT2D eigenvalue weighted by molar-refractivity contribution is -0.297. The van der Waals surface area contributed by atoms with E-state index < -0.39 is 29.6 Å². The highest BCUT2D eigenvalue weighted by Gasteiger charge is 2.71. The van der Waals surface area contributed by atoms with Crippen LogP contribution in [0.4, 0.5) is 5.69 Å². The minimum atomic E-state index is -0.913. The molecule has 0 aliphatic carbocycles. The second-order valence-electron chi connectivity index (χ2n) is 13.2. The molecule has 11 heteroatoms. The zero-order valence-electron chi connectivity index (χ0n) is 26.2. The van der Waals surface area contributed by atoms with E-state index in [9.17, 15) is 4.79 Å². The molecule has 42 heavy (non-hydrogen) atoms. The van der Waals surface area contributed by atoms with Gasteiger partial charge in [0.25, 0.3) is 0 Å². The average Bonchev–Trinajstić information content (AvgIpc) is 3.41. The molecular formula is C31H45BN2O8. The maximum absolute atomic E-state index is 13.0. The van der Waals surface area contributed by atoms with Gasteiger partial charge in [-0.15, -0.1) is 0 Å². The quantitative estimate of drug-likeness (QED) is 0.233. The fourth-order valence-electron chi connectivity index (χ4n) is 7.96. The SMILES string of the molecule is CC[C@@H]1CN2CC[C@@]34OCCO[C@@]3(Nc3c(B5OC(C)(C)C(C)(C)O5)ccc(OC)c34)[C@@H]2C[C@@H]1/C(=C\OC)C(=O)OC. The van der Waals surface area contributed by atoms with Gasteiger partial charge in [-0.1, -0.05) is 19.4 Å². The number of benzene rings is 1. The Bertz CT molecular complexity index is 1250. The van der Waals surface area contributed by atoms with E-state index >= 15 is 0 Å². The van der Waals surface area contributed by atoms with E-state index in [0.29, 0.717) is 25.2 Å². The van der Waals surface area contributed by atoms with E-state index in [4.69, 9.17) is 33.0 Å². The van der Waals surface area contributed by atoms with Crippen molar-refractivity contribution in [2.24, 2.45) is 11.8 Å². The first-order chi connectivity index (χ1) is 20.0. The van der Waals surface area contributed by atoms with Crippen molar-refractivity contribution in [3.05, 3.63) is 29.5 Å². The molecule has 6 rings (SSSR count). The van der Waals surface area contributed by atoms with Crippen LogP contribution in [0.5, 0.6) is 5.75 Å². The number of carbonyl (C=O) groups is 1. The van der Waals surface area contributed by atoms with Crippen LogP contribution in [-0.2, 0) is 38.7 Å². The fraction of sp³-hybridized carbons (Fsp3) is 0.710. The number of anilines is 1. The van der Waals surface area contributed by atoms with Gasteiger partial charge in [-0.3, -0.25) is 4.90 Å². The van der Waals surface area contributed by atoms with Gasteiger partial charge < -0.3 is 38.3 Å². The number of nitrogens with zero attached hydrogens (tertiary/aromatic N) is 1. The fourth-order valence-corrected chi connectivity index (χ4v) is 7.96. The molecule has 0 saturated carbocycles. The Balaban J connectivity index is 1.47. The van der Waals surface area contributed by atoms with Crippen LogP contribution in [0, 0.1) is 11.8 Å². The highest BCUT2D eigenvalue weighted by Crippen LogP contribution is 2.61. The second kappa shape index (κ2) is 10.4. The molecule has 0 radical (unpaired) electrons. The number of hydrogen-bond donors (Lipinski definition) is 1. The van der Waals surface area contributed by atoms with Crippen LogP contribution >= 0.6 is 0 Å². The molecule has 10 nitrogen and oxygen atoms in total. The summed E-state index contributed by atoms with van der Waals surface area (Å²) in [7, 11) is 4.11. The Morgan fingerprint density at radius 3 is 2.48 bits per heavy atom. The lowest BCUT2D eigenvalue weighted by Gasteiger charge is -2.61. The van der Waals surface area contributed by atoms with Crippen molar-refractivity contribution in [2.75, 3.05) is 52.9 Å². The summed E-state index contributed by atoms with van der Waals surface area (Å²) in [6.07, 6.45) is 3.88. The Morgan fingerprint density at radius 1 is 1.12 bits per heavy atom. The number of piperidine rings is 2. The van der Waals surface area contributed by atoms with Gasteiger partial charge in [-0.25, -0.2) is 4.79 Å². The predicted molar refractivity (Wildman–Crippen MR) is 158 cm³/mol. The molecule has 0 bridgehead atoms. The lowest BCUT2D eigenvalue weighted by atomic mass is 9.66. The van der Waals surface area contributed by atoms with Crippen molar-refractivity contribution in [1.29, 1.82) is 0 Å². The minimum absolute atomic E-state index is 0.0747. The molecule has 4 fully saturated rings. The van der Waals surface area contributed by atoms with Gasteiger partial charge in [0.1, 0.15) is 11.4 Å². The third-order valence-electron chi connectivity index (χ3n) is 10.8. The van der Waals surface area contributed by atoms with Crippen LogP contribution in [-0.4, -0.2) is 88.6 Å². The molecule has 0 aromatic heterocycles. The predicted octanol–water partition coefficient (Wildman–Crippen LogP) is 3.18. The number of nitrogens with one attached hydrogen (secondary N) is 1. The summed E-state index contributed by atoms with van der Waals surface area (Å²) in [5, 5.41) is 3.89. The summed E-state index contributed by atoms with van der Waals surface area (Å²) >= 11 is 0. The van der Waals surface area contributed by atoms with Crippen molar-refractivity contribution in [3.8, 4) is 5.75 Å². The van der Waals surface area contributed by atoms with Crippen LogP contribution in [0.3, 0.4) is 0 Å². The van der Waals surface area contributed by atoms with Crippen LogP contribution in [0.25, 0.3) is 0 Å². The summed E-state index contributed by atoms with van der Waals surface area (Å²) in [5.41, 5.74) is 0.585. The van der Waals surface area contributed by atoms with Gasteiger partial charge in [-0.05, 0) is 58.4 Å². The van der Waals surface area contributed by atoms with Crippen LogP contribution in [0.2, 0.25) is 0 Å². The maximum Gasteiger partial charge on any atom is 0.496 e. The lowest BCUT2D eigenvalue weighted by Crippen LogP contribution is -2.75. The van der Waals surface area contributed by atoms with Crippen molar-refractivity contribution < 1.29 is 37.8 Å². The monoisotopic (exact) mass is 584 g/mol. The molecule has 0 unspecified atom stereocenters. The number of hydrogen-bond acceptors (Lipinski definition) is 10. The summed E-state index contributed by atoms with van der Waals surface area (Å²) in [5.74, 6) is 0.566. The average molecular weight is 585 g/mol. The number of carbonyl (C=O) groups excluding carboxylic acids is 1. The van der Waals surface area contributed by atoms with Crippen LogP contribution in [0.1, 0.15) is 59.4 Å². The Hall–Kier alpha value is -2.31. The largest absolute Gasteiger partial charge is 0.504 e. The number of esters is 1. The first-order valence-electron chi connectivity index (χ1n) is 15.2. The minimum Gasteiger partial charge on any atom is -0.504 e. The number of ether oxygens (including phenoxy) is 5. The maximum atomic E-state index is 13.0. The molecule has 1 aromatic carbocycles. The van der Waals surface area contributed by atoms with Gasteiger partial charge in [0.15, 0.2) is 5.72 Å². The summed E-state index contributed by atoms with van der Waals surface area (Å²) < 4.78 is 43.4. The van der Waals surface area contributed by atoms with Gasteiger partial charge in [0, 0.05) is 24.2 Å². The van der Waals surface area contributed by atoms with E-state index in [1.807, 2.05) is 12.1 Å².